The SMILES string of the molecule is CC(c1ccc(-c2cncc(C(C)(C)O)c2)cc1)N(C)C. The van der Waals surface area contributed by atoms with Crippen LogP contribution in [0.3, 0.4) is 0 Å². The molecule has 0 bridgehead atoms. The molecule has 0 saturated carbocycles. The molecular formula is C18H24N2O. The van der Waals surface area contributed by atoms with E-state index in [1.807, 2.05) is 12.3 Å². The van der Waals surface area contributed by atoms with Crippen molar-refractivity contribution in [1.29, 1.82) is 0 Å². The van der Waals surface area contributed by atoms with Gasteiger partial charge in [0.2, 0.25) is 0 Å². The second-order valence-corrected chi connectivity index (χ2v) is 6.28. The first-order valence-electron chi connectivity index (χ1n) is 7.23. The summed E-state index contributed by atoms with van der Waals surface area (Å²) in [6.07, 6.45) is 3.55. The number of hydrogen-bond donors (Lipinski definition) is 1. The average Bonchev–Trinajstić information content (AvgIpc) is 2.46. The summed E-state index contributed by atoms with van der Waals surface area (Å²) >= 11 is 0. The van der Waals surface area contributed by atoms with Gasteiger partial charge in [-0.3, -0.25) is 4.98 Å². The van der Waals surface area contributed by atoms with E-state index in [0.717, 1.165) is 16.7 Å². The molecule has 2 rings (SSSR count). The maximum absolute atomic E-state index is 10.1. The van der Waals surface area contributed by atoms with Gasteiger partial charge in [-0.2, -0.15) is 0 Å². The van der Waals surface area contributed by atoms with E-state index in [0.29, 0.717) is 6.04 Å². The van der Waals surface area contributed by atoms with Gasteiger partial charge in [0, 0.05) is 29.6 Å². The van der Waals surface area contributed by atoms with Crippen LogP contribution in [-0.2, 0) is 5.60 Å². The van der Waals surface area contributed by atoms with Crippen molar-refractivity contribution < 1.29 is 5.11 Å². The zero-order valence-corrected chi connectivity index (χ0v) is 13.5. The van der Waals surface area contributed by atoms with Crippen molar-refractivity contribution >= 4 is 0 Å². The van der Waals surface area contributed by atoms with Gasteiger partial charge in [0.15, 0.2) is 0 Å². The van der Waals surface area contributed by atoms with E-state index in [1.165, 1.54) is 5.56 Å². The predicted octanol–water partition coefficient (Wildman–Crippen LogP) is 3.60. The van der Waals surface area contributed by atoms with Gasteiger partial charge in [-0.25, -0.2) is 0 Å². The number of pyridine rings is 1. The zero-order valence-electron chi connectivity index (χ0n) is 13.5. The third-order valence-corrected chi connectivity index (χ3v) is 3.95. The largest absolute Gasteiger partial charge is 0.386 e. The predicted molar refractivity (Wildman–Crippen MR) is 87.0 cm³/mol. The summed E-state index contributed by atoms with van der Waals surface area (Å²) in [4.78, 5) is 6.43. The molecular weight excluding hydrogens is 260 g/mol. The van der Waals surface area contributed by atoms with E-state index < -0.39 is 5.60 Å². The second kappa shape index (κ2) is 5.96. The minimum Gasteiger partial charge on any atom is -0.386 e. The maximum Gasteiger partial charge on any atom is 0.0855 e. The zero-order chi connectivity index (χ0) is 15.6. The van der Waals surface area contributed by atoms with Gasteiger partial charge in [-0.15, -0.1) is 0 Å². The van der Waals surface area contributed by atoms with Crippen LogP contribution >= 0.6 is 0 Å². The lowest BCUT2D eigenvalue weighted by Crippen LogP contribution is -2.16. The molecule has 0 radical (unpaired) electrons. The Hall–Kier alpha value is -1.71. The first-order chi connectivity index (χ1) is 9.79. The van der Waals surface area contributed by atoms with Crippen molar-refractivity contribution in [2.24, 2.45) is 0 Å². The van der Waals surface area contributed by atoms with E-state index in [-0.39, 0.29) is 0 Å². The average molecular weight is 284 g/mol. The lowest BCUT2D eigenvalue weighted by Gasteiger charge is -2.20. The lowest BCUT2D eigenvalue weighted by atomic mass is 9.96. The number of aliphatic hydroxyl groups is 1. The van der Waals surface area contributed by atoms with Gasteiger partial charge in [-0.1, -0.05) is 24.3 Å². The fourth-order valence-electron chi connectivity index (χ4n) is 2.18. The minimum atomic E-state index is -0.873. The summed E-state index contributed by atoms with van der Waals surface area (Å²) in [7, 11) is 4.16. The van der Waals surface area contributed by atoms with Crippen molar-refractivity contribution in [2.75, 3.05) is 14.1 Å². The molecule has 1 aromatic heterocycles. The van der Waals surface area contributed by atoms with Gasteiger partial charge < -0.3 is 10.0 Å². The van der Waals surface area contributed by atoms with Gasteiger partial charge >= 0.3 is 0 Å². The van der Waals surface area contributed by atoms with Crippen LogP contribution in [0.25, 0.3) is 11.1 Å². The molecule has 0 saturated heterocycles. The summed E-state index contributed by atoms with van der Waals surface area (Å²) in [5.41, 5.74) is 3.38. The van der Waals surface area contributed by atoms with Crippen LogP contribution in [0.1, 0.15) is 37.9 Å². The van der Waals surface area contributed by atoms with E-state index in [9.17, 15) is 5.11 Å². The fourth-order valence-corrected chi connectivity index (χ4v) is 2.18. The molecule has 112 valence electrons. The number of benzene rings is 1. The van der Waals surface area contributed by atoms with Crippen molar-refractivity contribution in [3.05, 3.63) is 53.9 Å². The van der Waals surface area contributed by atoms with Crippen LogP contribution in [-0.4, -0.2) is 29.1 Å². The Kier molecular flexibility index (Phi) is 4.45. The summed E-state index contributed by atoms with van der Waals surface area (Å²) < 4.78 is 0. The smallest absolute Gasteiger partial charge is 0.0855 e. The number of rotatable bonds is 4. The van der Waals surface area contributed by atoms with Gasteiger partial charge in [0.25, 0.3) is 0 Å². The van der Waals surface area contributed by atoms with E-state index >= 15 is 0 Å². The molecule has 3 nitrogen and oxygen atoms in total. The maximum atomic E-state index is 10.1. The number of hydrogen-bond acceptors (Lipinski definition) is 3. The molecule has 2 aromatic rings. The van der Waals surface area contributed by atoms with E-state index in [1.54, 1.807) is 20.0 Å². The second-order valence-electron chi connectivity index (χ2n) is 6.28. The molecule has 1 N–H and O–H groups in total. The molecule has 0 aliphatic carbocycles. The molecule has 0 spiro atoms. The van der Waals surface area contributed by atoms with Crippen LogP contribution in [0.15, 0.2) is 42.7 Å². The monoisotopic (exact) mass is 284 g/mol. The third kappa shape index (κ3) is 3.69. The Labute approximate surface area is 127 Å². The van der Waals surface area contributed by atoms with Gasteiger partial charge in [-0.05, 0) is 52.1 Å². The Morgan fingerprint density at radius 2 is 1.67 bits per heavy atom. The quantitative estimate of drug-likeness (QED) is 0.932. The lowest BCUT2D eigenvalue weighted by molar-refractivity contribution is 0.0783. The first-order valence-corrected chi connectivity index (χ1v) is 7.23. The minimum absolute atomic E-state index is 0.389. The highest BCUT2D eigenvalue weighted by Crippen LogP contribution is 2.26. The first kappa shape index (κ1) is 15.7. The van der Waals surface area contributed by atoms with Crippen LogP contribution in [0, 0.1) is 0 Å². The molecule has 0 aliphatic heterocycles. The molecule has 1 heterocycles. The molecule has 1 aromatic carbocycles. The van der Waals surface area contributed by atoms with Crippen molar-refractivity contribution in [3.63, 3.8) is 0 Å². The molecule has 0 aliphatic rings. The fraction of sp³-hybridized carbons (Fsp3) is 0.389. The van der Waals surface area contributed by atoms with E-state index in [4.69, 9.17) is 0 Å². The standard InChI is InChI=1S/C18H24N2O/c1-13(20(4)5)14-6-8-15(9-7-14)16-10-17(12-19-11-16)18(2,3)21/h6-13,21H,1-5H3. The summed E-state index contributed by atoms with van der Waals surface area (Å²) in [6, 6.07) is 10.9. The molecule has 21 heavy (non-hydrogen) atoms. The Morgan fingerprint density at radius 1 is 1.05 bits per heavy atom. The molecule has 1 unspecified atom stereocenters. The van der Waals surface area contributed by atoms with Crippen LogP contribution < -0.4 is 0 Å². The molecule has 0 fully saturated rings. The van der Waals surface area contributed by atoms with Crippen LogP contribution in [0.2, 0.25) is 0 Å². The van der Waals surface area contributed by atoms with Gasteiger partial charge in [0.05, 0.1) is 5.60 Å². The number of aromatic nitrogens is 1. The Morgan fingerprint density at radius 3 is 2.19 bits per heavy atom. The van der Waals surface area contributed by atoms with Crippen LogP contribution in [0.5, 0.6) is 0 Å². The van der Waals surface area contributed by atoms with E-state index in [2.05, 4.69) is 55.2 Å². The highest BCUT2D eigenvalue weighted by Gasteiger charge is 2.17. The Balaban J connectivity index is 2.31. The molecule has 3 heteroatoms. The number of nitrogens with zero attached hydrogens (tertiary/aromatic N) is 2. The normalized spacial score (nSPS) is 13.5. The summed E-state index contributed by atoms with van der Waals surface area (Å²) in [5.74, 6) is 0. The third-order valence-electron chi connectivity index (χ3n) is 3.95. The van der Waals surface area contributed by atoms with Gasteiger partial charge in [0.1, 0.15) is 0 Å². The van der Waals surface area contributed by atoms with Crippen molar-refractivity contribution in [2.45, 2.75) is 32.4 Å². The summed E-state index contributed by atoms with van der Waals surface area (Å²) in [5, 5.41) is 10.1. The topological polar surface area (TPSA) is 36.4 Å². The molecule has 1 atom stereocenters. The summed E-state index contributed by atoms with van der Waals surface area (Å²) in [6.45, 7) is 5.73. The Bertz CT molecular complexity index is 597. The van der Waals surface area contributed by atoms with Crippen molar-refractivity contribution in [3.8, 4) is 11.1 Å². The molecule has 0 amide bonds. The highest BCUT2D eigenvalue weighted by atomic mass is 16.3. The van der Waals surface area contributed by atoms with Crippen LogP contribution in [0.4, 0.5) is 0 Å². The van der Waals surface area contributed by atoms with Crippen molar-refractivity contribution in [1.82, 2.24) is 9.88 Å². The highest BCUT2D eigenvalue weighted by molar-refractivity contribution is 5.63.